The molecule has 0 bridgehead atoms. The predicted molar refractivity (Wildman–Crippen MR) is 76.1 cm³/mol. The Morgan fingerprint density at radius 1 is 1.37 bits per heavy atom. The van der Waals surface area contributed by atoms with Crippen LogP contribution in [0.4, 0.5) is 0 Å². The van der Waals surface area contributed by atoms with Gasteiger partial charge in [-0.3, -0.25) is 9.69 Å². The topological polar surface area (TPSA) is 38.1 Å². The van der Waals surface area contributed by atoms with Gasteiger partial charge in [0.25, 0.3) is 0 Å². The van der Waals surface area contributed by atoms with Crippen molar-refractivity contribution in [1.82, 2.24) is 14.5 Å². The van der Waals surface area contributed by atoms with E-state index in [1.807, 2.05) is 20.0 Å². The summed E-state index contributed by atoms with van der Waals surface area (Å²) in [6, 6.07) is 0. The molecule has 0 saturated carbocycles. The SMILES string of the molecule is CCCn1ccnc1CC(=O)C(C)(C)N1CCCC1. The molecule has 0 spiro atoms. The number of likely N-dealkylation sites (tertiary alicyclic amines) is 1. The minimum Gasteiger partial charge on any atom is -0.335 e. The van der Waals surface area contributed by atoms with Crippen molar-refractivity contribution in [3.63, 3.8) is 0 Å². The minimum atomic E-state index is -0.362. The van der Waals surface area contributed by atoms with Crippen LogP contribution in [0.15, 0.2) is 12.4 Å². The highest BCUT2D eigenvalue weighted by Crippen LogP contribution is 2.23. The number of hydrogen-bond acceptors (Lipinski definition) is 3. The summed E-state index contributed by atoms with van der Waals surface area (Å²) in [6.07, 6.45) is 7.68. The molecule has 2 heterocycles. The van der Waals surface area contributed by atoms with Crippen LogP contribution >= 0.6 is 0 Å². The van der Waals surface area contributed by atoms with E-state index in [1.54, 1.807) is 6.20 Å². The van der Waals surface area contributed by atoms with E-state index in [4.69, 9.17) is 0 Å². The number of imidazole rings is 1. The van der Waals surface area contributed by atoms with E-state index in [0.29, 0.717) is 6.42 Å². The van der Waals surface area contributed by atoms with Gasteiger partial charge in [-0.2, -0.15) is 0 Å². The third-order valence-corrected chi connectivity index (χ3v) is 4.16. The molecule has 106 valence electrons. The summed E-state index contributed by atoms with van der Waals surface area (Å²) in [5.41, 5.74) is -0.362. The second-order valence-corrected chi connectivity index (χ2v) is 5.89. The first-order chi connectivity index (χ1) is 9.05. The molecule has 0 unspecified atom stereocenters. The molecular weight excluding hydrogens is 238 g/mol. The standard InChI is InChI=1S/C15H25N3O/c1-4-8-17-11-7-16-14(17)12-13(19)15(2,3)18-9-5-6-10-18/h7,11H,4-6,8-10,12H2,1-3H3. The van der Waals surface area contributed by atoms with E-state index in [1.165, 1.54) is 12.8 Å². The summed E-state index contributed by atoms with van der Waals surface area (Å²) in [7, 11) is 0. The van der Waals surface area contributed by atoms with Gasteiger partial charge in [0, 0.05) is 18.9 Å². The number of rotatable bonds is 6. The van der Waals surface area contributed by atoms with Crippen LogP contribution in [-0.4, -0.2) is 38.9 Å². The van der Waals surface area contributed by atoms with Crippen molar-refractivity contribution in [2.45, 2.75) is 58.5 Å². The number of aromatic nitrogens is 2. The van der Waals surface area contributed by atoms with Crippen LogP contribution in [0.5, 0.6) is 0 Å². The monoisotopic (exact) mass is 263 g/mol. The quantitative estimate of drug-likeness (QED) is 0.790. The number of nitrogens with zero attached hydrogens (tertiary/aromatic N) is 3. The molecule has 4 heteroatoms. The Hall–Kier alpha value is -1.16. The lowest BCUT2D eigenvalue weighted by Crippen LogP contribution is -2.49. The number of ketones is 1. The summed E-state index contributed by atoms with van der Waals surface area (Å²) < 4.78 is 2.10. The van der Waals surface area contributed by atoms with Crippen molar-refractivity contribution >= 4 is 5.78 Å². The van der Waals surface area contributed by atoms with E-state index in [0.717, 1.165) is 31.9 Å². The Bertz CT molecular complexity index is 430. The largest absolute Gasteiger partial charge is 0.335 e. The summed E-state index contributed by atoms with van der Waals surface area (Å²) in [4.78, 5) is 19.2. The molecule has 0 aliphatic carbocycles. The molecule has 0 amide bonds. The number of Topliss-reactive ketones (excluding diaryl/α,β-unsaturated/α-hetero) is 1. The molecule has 1 aliphatic heterocycles. The van der Waals surface area contributed by atoms with E-state index in [-0.39, 0.29) is 11.3 Å². The molecule has 0 aromatic carbocycles. The summed E-state index contributed by atoms with van der Waals surface area (Å²) in [5.74, 6) is 1.18. The van der Waals surface area contributed by atoms with Gasteiger partial charge in [0.1, 0.15) is 5.82 Å². The fourth-order valence-corrected chi connectivity index (χ4v) is 2.76. The van der Waals surface area contributed by atoms with E-state index in [9.17, 15) is 4.79 Å². The zero-order valence-electron chi connectivity index (χ0n) is 12.4. The van der Waals surface area contributed by atoms with Gasteiger partial charge in [-0.25, -0.2) is 4.98 Å². The van der Waals surface area contributed by atoms with Gasteiger partial charge >= 0.3 is 0 Å². The molecule has 1 fully saturated rings. The van der Waals surface area contributed by atoms with Gasteiger partial charge in [0.2, 0.25) is 0 Å². The zero-order chi connectivity index (χ0) is 13.9. The Morgan fingerprint density at radius 2 is 2.05 bits per heavy atom. The second kappa shape index (κ2) is 5.87. The van der Waals surface area contributed by atoms with Gasteiger partial charge in [0.05, 0.1) is 12.0 Å². The van der Waals surface area contributed by atoms with Gasteiger partial charge in [0.15, 0.2) is 5.78 Å². The molecule has 0 radical (unpaired) electrons. The maximum atomic E-state index is 12.6. The number of carbonyl (C=O) groups is 1. The van der Waals surface area contributed by atoms with Crippen molar-refractivity contribution in [2.75, 3.05) is 13.1 Å². The van der Waals surface area contributed by atoms with Crippen molar-refractivity contribution < 1.29 is 4.79 Å². The minimum absolute atomic E-state index is 0.276. The van der Waals surface area contributed by atoms with Crippen LogP contribution in [0.3, 0.4) is 0 Å². The van der Waals surface area contributed by atoms with Crippen molar-refractivity contribution in [2.24, 2.45) is 0 Å². The molecule has 1 saturated heterocycles. The molecule has 4 nitrogen and oxygen atoms in total. The van der Waals surface area contributed by atoms with Crippen LogP contribution in [-0.2, 0) is 17.8 Å². The fourth-order valence-electron chi connectivity index (χ4n) is 2.76. The van der Waals surface area contributed by atoms with E-state index < -0.39 is 0 Å². The lowest BCUT2D eigenvalue weighted by Gasteiger charge is -2.33. The van der Waals surface area contributed by atoms with Crippen LogP contribution < -0.4 is 0 Å². The number of aryl methyl sites for hydroxylation is 1. The van der Waals surface area contributed by atoms with Crippen LogP contribution in [0.25, 0.3) is 0 Å². The average molecular weight is 263 g/mol. The predicted octanol–water partition coefficient (Wildman–Crippen LogP) is 2.28. The van der Waals surface area contributed by atoms with Gasteiger partial charge < -0.3 is 4.57 Å². The van der Waals surface area contributed by atoms with Crippen molar-refractivity contribution in [3.8, 4) is 0 Å². The lowest BCUT2D eigenvalue weighted by molar-refractivity contribution is -0.128. The molecule has 19 heavy (non-hydrogen) atoms. The lowest BCUT2D eigenvalue weighted by atomic mass is 9.94. The number of carbonyl (C=O) groups excluding carboxylic acids is 1. The Labute approximate surface area is 115 Å². The molecule has 0 N–H and O–H groups in total. The van der Waals surface area contributed by atoms with Crippen molar-refractivity contribution in [1.29, 1.82) is 0 Å². The first-order valence-electron chi connectivity index (χ1n) is 7.34. The van der Waals surface area contributed by atoms with Crippen LogP contribution in [0.2, 0.25) is 0 Å². The van der Waals surface area contributed by atoms with Crippen molar-refractivity contribution in [3.05, 3.63) is 18.2 Å². The molecule has 1 aliphatic rings. The first kappa shape index (κ1) is 14.3. The first-order valence-corrected chi connectivity index (χ1v) is 7.34. The molecular formula is C15H25N3O. The Balaban J connectivity index is 2.05. The Morgan fingerprint density at radius 3 is 2.68 bits per heavy atom. The van der Waals surface area contributed by atoms with Crippen LogP contribution in [0, 0.1) is 0 Å². The summed E-state index contributed by atoms with van der Waals surface area (Å²) in [5, 5.41) is 0. The zero-order valence-corrected chi connectivity index (χ0v) is 12.4. The number of hydrogen-bond donors (Lipinski definition) is 0. The molecule has 0 atom stereocenters. The normalized spacial score (nSPS) is 17.0. The molecule has 1 aromatic rings. The highest BCUT2D eigenvalue weighted by atomic mass is 16.1. The van der Waals surface area contributed by atoms with Crippen LogP contribution in [0.1, 0.15) is 45.9 Å². The van der Waals surface area contributed by atoms with E-state index in [2.05, 4.69) is 21.4 Å². The summed E-state index contributed by atoms with van der Waals surface area (Å²) in [6.45, 7) is 9.26. The van der Waals surface area contributed by atoms with E-state index >= 15 is 0 Å². The molecule has 2 rings (SSSR count). The van der Waals surface area contributed by atoms with Gasteiger partial charge in [-0.1, -0.05) is 6.92 Å². The average Bonchev–Trinajstić information content (AvgIpc) is 3.01. The van der Waals surface area contributed by atoms with Gasteiger partial charge in [-0.05, 0) is 46.2 Å². The second-order valence-electron chi connectivity index (χ2n) is 5.89. The van der Waals surface area contributed by atoms with Gasteiger partial charge in [-0.15, -0.1) is 0 Å². The smallest absolute Gasteiger partial charge is 0.160 e. The summed E-state index contributed by atoms with van der Waals surface area (Å²) >= 11 is 0. The highest BCUT2D eigenvalue weighted by molar-refractivity contribution is 5.89. The Kier molecular flexibility index (Phi) is 4.40. The fraction of sp³-hybridized carbons (Fsp3) is 0.733. The third kappa shape index (κ3) is 3.06. The highest BCUT2D eigenvalue weighted by Gasteiger charge is 2.35. The maximum absolute atomic E-state index is 12.6. The maximum Gasteiger partial charge on any atom is 0.160 e. The molecule has 1 aromatic heterocycles. The third-order valence-electron chi connectivity index (χ3n) is 4.16.